The van der Waals surface area contributed by atoms with Crippen molar-refractivity contribution in [2.75, 3.05) is 20.7 Å². The standard InChI is InChI=1S/C10H15NO4/c1-11-5-9(14)6-3-7(12)10(15-2)8(13)4-6/h3-4,9,11-14H,5H2,1-2H3/t9-/m1/s1. The average Bonchev–Trinajstić information content (AvgIpc) is 2.17. The van der Waals surface area contributed by atoms with Crippen LogP contribution in [-0.4, -0.2) is 36.0 Å². The second-order valence-electron chi connectivity index (χ2n) is 3.17. The Bertz CT molecular complexity index is 317. The van der Waals surface area contributed by atoms with E-state index < -0.39 is 6.10 Å². The first-order valence-corrected chi connectivity index (χ1v) is 4.52. The Morgan fingerprint density at radius 3 is 2.27 bits per heavy atom. The van der Waals surface area contributed by atoms with Crippen LogP contribution in [0.1, 0.15) is 11.7 Å². The minimum Gasteiger partial charge on any atom is -0.504 e. The zero-order valence-corrected chi connectivity index (χ0v) is 8.69. The van der Waals surface area contributed by atoms with Crippen LogP contribution in [0.15, 0.2) is 12.1 Å². The first-order chi connectivity index (χ1) is 7.10. The summed E-state index contributed by atoms with van der Waals surface area (Å²) in [6, 6.07) is 2.72. The fourth-order valence-electron chi connectivity index (χ4n) is 1.33. The molecule has 15 heavy (non-hydrogen) atoms. The van der Waals surface area contributed by atoms with Crippen molar-refractivity contribution < 1.29 is 20.1 Å². The molecule has 0 bridgehead atoms. The lowest BCUT2D eigenvalue weighted by Gasteiger charge is -2.13. The molecule has 0 saturated carbocycles. The molecule has 0 unspecified atom stereocenters. The lowest BCUT2D eigenvalue weighted by Crippen LogP contribution is -2.16. The molecule has 0 radical (unpaired) electrons. The second kappa shape index (κ2) is 4.86. The van der Waals surface area contributed by atoms with Gasteiger partial charge in [-0.2, -0.15) is 0 Å². The van der Waals surface area contributed by atoms with E-state index >= 15 is 0 Å². The van der Waals surface area contributed by atoms with Crippen molar-refractivity contribution in [3.05, 3.63) is 17.7 Å². The van der Waals surface area contributed by atoms with Crippen molar-refractivity contribution in [2.45, 2.75) is 6.10 Å². The van der Waals surface area contributed by atoms with Crippen LogP contribution in [0.2, 0.25) is 0 Å². The topological polar surface area (TPSA) is 82.0 Å². The van der Waals surface area contributed by atoms with Gasteiger partial charge >= 0.3 is 0 Å². The molecule has 0 saturated heterocycles. The summed E-state index contributed by atoms with van der Waals surface area (Å²) in [5.41, 5.74) is 0.431. The molecule has 4 N–H and O–H groups in total. The van der Waals surface area contributed by atoms with E-state index in [9.17, 15) is 15.3 Å². The molecule has 0 amide bonds. The molecule has 0 aromatic heterocycles. The quantitative estimate of drug-likeness (QED) is 0.580. The first kappa shape index (κ1) is 11.6. The van der Waals surface area contributed by atoms with Crippen LogP contribution in [0.5, 0.6) is 17.2 Å². The summed E-state index contributed by atoms with van der Waals surface area (Å²) >= 11 is 0. The Morgan fingerprint density at radius 1 is 1.33 bits per heavy atom. The molecule has 0 fully saturated rings. The zero-order chi connectivity index (χ0) is 11.4. The van der Waals surface area contributed by atoms with Gasteiger partial charge in [-0.3, -0.25) is 0 Å². The van der Waals surface area contributed by atoms with Gasteiger partial charge in [0.2, 0.25) is 5.75 Å². The number of aromatic hydroxyl groups is 2. The van der Waals surface area contributed by atoms with Gasteiger partial charge in [-0.05, 0) is 24.7 Å². The average molecular weight is 213 g/mol. The fraction of sp³-hybridized carbons (Fsp3) is 0.400. The molecular weight excluding hydrogens is 198 g/mol. The predicted octanol–water partition coefficient (Wildman–Crippen LogP) is 0.359. The van der Waals surface area contributed by atoms with Gasteiger partial charge in [0.25, 0.3) is 0 Å². The molecule has 1 rings (SSSR count). The lowest BCUT2D eigenvalue weighted by molar-refractivity contribution is 0.176. The molecule has 0 heterocycles. The number of aliphatic hydroxyl groups excluding tert-OH is 1. The smallest absolute Gasteiger partial charge is 0.202 e. The third kappa shape index (κ3) is 2.51. The maximum atomic E-state index is 9.61. The Balaban J connectivity index is 3.02. The van der Waals surface area contributed by atoms with Gasteiger partial charge in [-0.25, -0.2) is 0 Å². The zero-order valence-electron chi connectivity index (χ0n) is 8.69. The van der Waals surface area contributed by atoms with Crippen molar-refractivity contribution >= 4 is 0 Å². The van der Waals surface area contributed by atoms with Crippen molar-refractivity contribution in [3.8, 4) is 17.2 Å². The molecule has 0 spiro atoms. The maximum Gasteiger partial charge on any atom is 0.202 e. The summed E-state index contributed by atoms with van der Waals surface area (Å²) < 4.78 is 4.77. The van der Waals surface area contributed by atoms with Crippen LogP contribution in [0.3, 0.4) is 0 Å². The molecular formula is C10H15NO4. The van der Waals surface area contributed by atoms with E-state index in [4.69, 9.17) is 4.74 Å². The van der Waals surface area contributed by atoms with Gasteiger partial charge in [0.05, 0.1) is 13.2 Å². The molecule has 1 atom stereocenters. The summed E-state index contributed by atoms with van der Waals surface area (Å²) in [6.07, 6.45) is -0.780. The van der Waals surface area contributed by atoms with Gasteiger partial charge in [0, 0.05) is 6.54 Å². The summed E-state index contributed by atoms with van der Waals surface area (Å²) in [5, 5.41) is 31.3. The van der Waals surface area contributed by atoms with E-state index in [0.717, 1.165) is 0 Å². The lowest BCUT2D eigenvalue weighted by atomic mass is 10.1. The Kier molecular flexibility index (Phi) is 3.76. The highest BCUT2D eigenvalue weighted by atomic mass is 16.5. The van der Waals surface area contributed by atoms with E-state index in [0.29, 0.717) is 12.1 Å². The fourth-order valence-corrected chi connectivity index (χ4v) is 1.33. The van der Waals surface area contributed by atoms with Gasteiger partial charge in [0.1, 0.15) is 0 Å². The summed E-state index contributed by atoms with van der Waals surface area (Å²) in [7, 11) is 3.05. The molecule has 5 nitrogen and oxygen atoms in total. The summed E-state index contributed by atoms with van der Waals surface area (Å²) in [4.78, 5) is 0. The molecule has 0 aliphatic carbocycles. The highest BCUT2D eigenvalue weighted by Gasteiger charge is 2.14. The second-order valence-corrected chi connectivity index (χ2v) is 3.17. The van der Waals surface area contributed by atoms with Crippen molar-refractivity contribution in [1.29, 1.82) is 0 Å². The van der Waals surface area contributed by atoms with E-state index in [1.807, 2.05) is 0 Å². The first-order valence-electron chi connectivity index (χ1n) is 4.52. The minimum absolute atomic E-state index is 0.00964. The number of methoxy groups -OCH3 is 1. The third-order valence-corrected chi connectivity index (χ3v) is 2.06. The summed E-state index contributed by atoms with van der Waals surface area (Å²) in [5.74, 6) is -0.374. The SMILES string of the molecule is CNC[C@@H](O)c1cc(O)c(OC)c(O)c1. The van der Waals surface area contributed by atoms with Crippen molar-refractivity contribution in [1.82, 2.24) is 5.32 Å². The van der Waals surface area contributed by atoms with E-state index in [-0.39, 0.29) is 17.2 Å². The van der Waals surface area contributed by atoms with Crippen LogP contribution in [-0.2, 0) is 0 Å². The number of rotatable bonds is 4. The Hall–Kier alpha value is -1.46. The number of hydrogen-bond donors (Lipinski definition) is 4. The number of hydrogen-bond acceptors (Lipinski definition) is 5. The molecule has 1 aromatic rings. The van der Waals surface area contributed by atoms with Crippen LogP contribution < -0.4 is 10.1 Å². The number of nitrogens with one attached hydrogen (secondary N) is 1. The highest BCUT2D eigenvalue weighted by Crippen LogP contribution is 2.37. The Labute approximate surface area is 87.9 Å². The molecule has 1 aromatic carbocycles. The van der Waals surface area contributed by atoms with Crippen molar-refractivity contribution in [2.24, 2.45) is 0 Å². The molecule has 84 valence electrons. The maximum absolute atomic E-state index is 9.61. The van der Waals surface area contributed by atoms with Crippen LogP contribution in [0, 0.1) is 0 Å². The molecule has 0 aliphatic rings. The normalized spacial score (nSPS) is 12.5. The number of phenolic OH excluding ortho intramolecular Hbond substituents is 2. The number of aliphatic hydroxyl groups is 1. The number of likely N-dealkylation sites (N-methyl/N-ethyl adjacent to an activating group) is 1. The van der Waals surface area contributed by atoms with Crippen LogP contribution in [0.4, 0.5) is 0 Å². The van der Waals surface area contributed by atoms with Crippen molar-refractivity contribution in [3.63, 3.8) is 0 Å². The number of phenols is 2. The Morgan fingerprint density at radius 2 is 1.87 bits per heavy atom. The van der Waals surface area contributed by atoms with Gasteiger partial charge in [-0.15, -0.1) is 0 Å². The van der Waals surface area contributed by atoms with Crippen LogP contribution in [0.25, 0.3) is 0 Å². The largest absolute Gasteiger partial charge is 0.504 e. The van der Waals surface area contributed by atoms with E-state index in [1.54, 1.807) is 7.05 Å². The monoisotopic (exact) mass is 213 g/mol. The summed E-state index contributed by atoms with van der Waals surface area (Å²) in [6.45, 7) is 0.339. The number of benzene rings is 1. The number of ether oxygens (including phenoxy) is 1. The molecule has 5 heteroatoms. The van der Waals surface area contributed by atoms with E-state index in [1.165, 1.54) is 19.2 Å². The third-order valence-electron chi connectivity index (χ3n) is 2.06. The van der Waals surface area contributed by atoms with Gasteiger partial charge in [0.15, 0.2) is 11.5 Å². The minimum atomic E-state index is -0.780. The predicted molar refractivity (Wildman–Crippen MR) is 55.2 cm³/mol. The highest BCUT2D eigenvalue weighted by molar-refractivity contribution is 5.52. The van der Waals surface area contributed by atoms with Gasteiger partial charge in [-0.1, -0.05) is 0 Å². The molecule has 0 aliphatic heterocycles. The van der Waals surface area contributed by atoms with Crippen LogP contribution >= 0.6 is 0 Å². The van der Waals surface area contributed by atoms with Gasteiger partial charge < -0.3 is 25.4 Å². The van der Waals surface area contributed by atoms with E-state index in [2.05, 4.69) is 5.32 Å².